The molecule has 1 aliphatic carbocycles. The summed E-state index contributed by atoms with van der Waals surface area (Å²) in [5, 5.41) is 9.31. The Bertz CT molecular complexity index is 1040. The Labute approximate surface area is 164 Å². The summed E-state index contributed by atoms with van der Waals surface area (Å²) >= 11 is 1.33. The molecule has 8 nitrogen and oxygen atoms in total. The van der Waals surface area contributed by atoms with Crippen molar-refractivity contribution >= 4 is 34.0 Å². The van der Waals surface area contributed by atoms with Crippen LogP contribution in [0.1, 0.15) is 50.8 Å². The van der Waals surface area contributed by atoms with Crippen LogP contribution in [-0.2, 0) is 6.42 Å². The van der Waals surface area contributed by atoms with Crippen LogP contribution in [0.4, 0.5) is 5.13 Å². The number of hydrogen-bond acceptors (Lipinski definition) is 7. The van der Waals surface area contributed by atoms with Gasteiger partial charge in [0.15, 0.2) is 10.9 Å². The fourth-order valence-electron chi connectivity index (χ4n) is 3.11. The van der Waals surface area contributed by atoms with Gasteiger partial charge in [-0.3, -0.25) is 19.9 Å². The number of fused-ring (bicyclic) bond motifs is 1. The van der Waals surface area contributed by atoms with Gasteiger partial charge in [0, 0.05) is 35.3 Å². The maximum Gasteiger partial charge on any atom is 0.293 e. The quantitative estimate of drug-likeness (QED) is 0.660. The zero-order valence-electron chi connectivity index (χ0n) is 15.1. The van der Waals surface area contributed by atoms with Crippen molar-refractivity contribution in [1.82, 2.24) is 15.4 Å². The Morgan fingerprint density at radius 1 is 1.18 bits per heavy atom. The van der Waals surface area contributed by atoms with Crippen molar-refractivity contribution < 1.29 is 14.0 Å². The highest BCUT2D eigenvalue weighted by atomic mass is 32.1. The molecule has 3 aromatic heterocycles. The van der Waals surface area contributed by atoms with Crippen LogP contribution in [0, 0.1) is 6.92 Å². The average Bonchev–Trinajstić information content (AvgIpc) is 3.35. The number of rotatable bonds is 4. The van der Waals surface area contributed by atoms with Gasteiger partial charge in [0.05, 0.1) is 5.71 Å². The fraction of sp³-hybridized carbons (Fsp3) is 0.211. The van der Waals surface area contributed by atoms with Crippen molar-refractivity contribution in [2.45, 2.75) is 26.2 Å². The molecule has 0 aliphatic heterocycles. The first kappa shape index (κ1) is 18.1. The number of carbonyl (C=O) groups excluding carboxylic acids is 2. The van der Waals surface area contributed by atoms with Crippen LogP contribution in [0.15, 0.2) is 45.5 Å². The number of hydrazone groups is 1. The number of amides is 2. The molecule has 4 rings (SSSR count). The molecule has 2 amide bonds. The SMILES string of the molecule is Cc1c(C(=O)Nc2nccs2)oc2c1/C(=N/NC(=O)c1ccccn1)CCC2. The van der Waals surface area contributed by atoms with E-state index in [4.69, 9.17) is 4.42 Å². The summed E-state index contributed by atoms with van der Waals surface area (Å²) in [6.45, 7) is 1.82. The number of aryl methyl sites for hydroxylation is 1. The lowest BCUT2D eigenvalue weighted by atomic mass is 9.93. The summed E-state index contributed by atoms with van der Waals surface area (Å²) in [6, 6.07) is 5.09. The van der Waals surface area contributed by atoms with E-state index in [9.17, 15) is 9.59 Å². The monoisotopic (exact) mass is 395 g/mol. The molecule has 0 bridgehead atoms. The van der Waals surface area contributed by atoms with E-state index in [1.807, 2.05) is 6.92 Å². The molecule has 0 saturated heterocycles. The van der Waals surface area contributed by atoms with E-state index in [1.165, 1.54) is 11.3 Å². The number of anilines is 1. The molecule has 0 saturated carbocycles. The number of nitrogens with one attached hydrogen (secondary N) is 2. The number of nitrogens with zero attached hydrogens (tertiary/aromatic N) is 3. The maximum absolute atomic E-state index is 12.6. The van der Waals surface area contributed by atoms with Crippen molar-refractivity contribution in [2.24, 2.45) is 5.10 Å². The van der Waals surface area contributed by atoms with E-state index in [0.29, 0.717) is 35.0 Å². The van der Waals surface area contributed by atoms with E-state index in [-0.39, 0.29) is 23.3 Å². The zero-order chi connectivity index (χ0) is 19.5. The molecule has 0 aromatic carbocycles. The number of hydrogen-bond donors (Lipinski definition) is 2. The third-order valence-electron chi connectivity index (χ3n) is 4.37. The van der Waals surface area contributed by atoms with Gasteiger partial charge < -0.3 is 4.42 Å². The van der Waals surface area contributed by atoms with Gasteiger partial charge >= 0.3 is 0 Å². The molecule has 9 heteroatoms. The Morgan fingerprint density at radius 2 is 2.07 bits per heavy atom. The summed E-state index contributed by atoms with van der Waals surface area (Å²) < 4.78 is 5.83. The summed E-state index contributed by atoms with van der Waals surface area (Å²) in [5.41, 5.74) is 5.02. The summed E-state index contributed by atoms with van der Waals surface area (Å²) in [7, 11) is 0. The molecule has 0 atom stereocenters. The minimum absolute atomic E-state index is 0.242. The molecule has 0 unspecified atom stereocenters. The van der Waals surface area contributed by atoms with E-state index < -0.39 is 0 Å². The first-order valence-electron chi connectivity index (χ1n) is 8.75. The normalized spacial score (nSPS) is 14.5. The molecule has 2 N–H and O–H groups in total. The standard InChI is InChI=1S/C19H17N5O3S/c1-11-15-12(23-24-17(25)13-5-2-3-8-20-13)6-4-7-14(15)27-16(11)18(26)22-19-21-9-10-28-19/h2-3,5,8-10H,4,6-7H2,1H3,(H,24,25)(H,21,22,26)/b23-12+. The average molecular weight is 395 g/mol. The van der Waals surface area contributed by atoms with Crippen molar-refractivity contribution in [3.05, 3.63) is 64.3 Å². The Kier molecular flexibility index (Phi) is 4.98. The molecule has 3 heterocycles. The molecule has 0 fully saturated rings. The highest BCUT2D eigenvalue weighted by Gasteiger charge is 2.28. The second-order valence-corrected chi connectivity index (χ2v) is 7.11. The van der Waals surface area contributed by atoms with Crippen LogP contribution in [-0.4, -0.2) is 27.5 Å². The second-order valence-electron chi connectivity index (χ2n) is 6.21. The fourth-order valence-corrected chi connectivity index (χ4v) is 3.63. The molecule has 142 valence electrons. The van der Waals surface area contributed by atoms with Crippen molar-refractivity contribution in [2.75, 3.05) is 5.32 Å². The van der Waals surface area contributed by atoms with Gasteiger partial charge in [0.2, 0.25) is 0 Å². The molecule has 28 heavy (non-hydrogen) atoms. The topological polar surface area (TPSA) is 109 Å². The first-order chi connectivity index (χ1) is 13.6. The van der Waals surface area contributed by atoms with Crippen LogP contribution in [0.25, 0.3) is 0 Å². The van der Waals surface area contributed by atoms with Gasteiger partial charge in [-0.15, -0.1) is 11.3 Å². The molecule has 0 radical (unpaired) electrons. The molecule has 0 spiro atoms. The predicted octanol–water partition coefficient (Wildman–Crippen LogP) is 3.16. The van der Waals surface area contributed by atoms with Crippen molar-refractivity contribution in [3.8, 4) is 0 Å². The number of furan rings is 1. The van der Waals surface area contributed by atoms with Gasteiger partial charge in [0.25, 0.3) is 11.8 Å². The van der Waals surface area contributed by atoms with E-state index in [2.05, 4.69) is 25.8 Å². The third kappa shape index (κ3) is 3.56. The Morgan fingerprint density at radius 3 is 2.82 bits per heavy atom. The molecular formula is C19H17N5O3S. The van der Waals surface area contributed by atoms with Crippen molar-refractivity contribution in [1.29, 1.82) is 0 Å². The van der Waals surface area contributed by atoms with Crippen LogP contribution < -0.4 is 10.7 Å². The molecule has 1 aliphatic rings. The van der Waals surface area contributed by atoms with Crippen molar-refractivity contribution in [3.63, 3.8) is 0 Å². The minimum Gasteiger partial charge on any atom is -0.455 e. The lowest BCUT2D eigenvalue weighted by Gasteiger charge is -2.13. The van der Waals surface area contributed by atoms with Gasteiger partial charge in [-0.1, -0.05) is 6.07 Å². The van der Waals surface area contributed by atoms with E-state index in [0.717, 1.165) is 12.0 Å². The maximum atomic E-state index is 12.6. The van der Waals surface area contributed by atoms with Crippen LogP contribution in [0.5, 0.6) is 0 Å². The number of thiazole rings is 1. The van der Waals surface area contributed by atoms with E-state index >= 15 is 0 Å². The smallest absolute Gasteiger partial charge is 0.293 e. The van der Waals surface area contributed by atoms with Gasteiger partial charge in [-0.05, 0) is 31.9 Å². The Hall–Kier alpha value is -3.33. The lowest BCUT2D eigenvalue weighted by molar-refractivity contribution is 0.0948. The summed E-state index contributed by atoms with van der Waals surface area (Å²) in [5.74, 6) is 0.214. The number of aromatic nitrogens is 2. The van der Waals surface area contributed by atoms with Gasteiger partial charge in [-0.25, -0.2) is 10.4 Å². The van der Waals surface area contributed by atoms with Gasteiger partial charge in [-0.2, -0.15) is 5.10 Å². The van der Waals surface area contributed by atoms with E-state index in [1.54, 1.807) is 36.0 Å². The van der Waals surface area contributed by atoms with Gasteiger partial charge in [0.1, 0.15) is 11.5 Å². The molecular weight excluding hydrogens is 378 g/mol. The first-order valence-corrected chi connectivity index (χ1v) is 9.63. The summed E-state index contributed by atoms with van der Waals surface area (Å²) in [6.07, 6.45) is 5.40. The highest BCUT2D eigenvalue weighted by molar-refractivity contribution is 7.13. The Balaban J connectivity index is 1.58. The molecule has 3 aromatic rings. The van der Waals surface area contributed by atoms with Crippen LogP contribution in [0.2, 0.25) is 0 Å². The highest BCUT2D eigenvalue weighted by Crippen LogP contribution is 2.30. The van der Waals surface area contributed by atoms with Crippen LogP contribution >= 0.6 is 11.3 Å². The number of pyridine rings is 1. The number of carbonyl (C=O) groups is 2. The third-order valence-corrected chi connectivity index (χ3v) is 5.06. The lowest BCUT2D eigenvalue weighted by Crippen LogP contribution is -2.22. The predicted molar refractivity (Wildman–Crippen MR) is 105 cm³/mol. The second kappa shape index (κ2) is 7.73. The zero-order valence-corrected chi connectivity index (χ0v) is 15.9. The summed E-state index contributed by atoms with van der Waals surface area (Å²) in [4.78, 5) is 32.8. The van der Waals surface area contributed by atoms with Crippen LogP contribution in [0.3, 0.4) is 0 Å². The minimum atomic E-state index is -0.386. The largest absolute Gasteiger partial charge is 0.455 e.